The second-order valence-electron chi connectivity index (χ2n) is 6.20. The molecule has 0 radical (unpaired) electrons. The van der Waals surface area contributed by atoms with Crippen molar-refractivity contribution >= 4 is 47.2 Å². The third-order valence-electron chi connectivity index (χ3n) is 3.64. The van der Waals surface area contributed by atoms with E-state index in [0.717, 1.165) is 23.4 Å². The van der Waals surface area contributed by atoms with Gasteiger partial charge in [-0.15, -0.1) is 24.0 Å². The normalized spacial score (nSPS) is 10.8. The van der Waals surface area contributed by atoms with Crippen LogP contribution >= 0.6 is 24.0 Å². The smallest absolute Gasteiger partial charge is 0.224 e. The first-order valence-corrected chi connectivity index (χ1v) is 8.50. The number of aryl methyl sites for hydroxylation is 2. The summed E-state index contributed by atoms with van der Waals surface area (Å²) in [6, 6.07) is 13.8. The van der Waals surface area contributed by atoms with E-state index in [1.807, 2.05) is 57.2 Å². The molecule has 0 saturated heterocycles. The van der Waals surface area contributed by atoms with E-state index in [-0.39, 0.29) is 29.9 Å². The Bertz CT molecular complexity index is 737. The fraction of sp³-hybridized carbons (Fsp3) is 0.300. The fourth-order valence-electron chi connectivity index (χ4n) is 2.55. The van der Waals surface area contributed by atoms with Gasteiger partial charge in [0.25, 0.3) is 0 Å². The zero-order chi connectivity index (χ0) is 18.2. The fourth-order valence-corrected chi connectivity index (χ4v) is 2.55. The summed E-state index contributed by atoms with van der Waals surface area (Å²) in [5.74, 6) is 0.417. The molecule has 26 heavy (non-hydrogen) atoms. The number of amides is 1. The average molecular weight is 466 g/mol. The Morgan fingerprint density at radius 1 is 1.00 bits per heavy atom. The van der Waals surface area contributed by atoms with E-state index < -0.39 is 0 Å². The number of carbonyl (C=O) groups is 1. The Balaban J connectivity index is 0.00000338. The first-order chi connectivity index (χ1) is 12.0. The van der Waals surface area contributed by atoms with Gasteiger partial charge < -0.3 is 16.4 Å². The average Bonchev–Trinajstić information content (AvgIpc) is 2.53. The minimum Gasteiger partial charge on any atom is -0.370 e. The molecule has 2 aromatic carbocycles. The van der Waals surface area contributed by atoms with Crippen molar-refractivity contribution in [3.05, 3.63) is 59.2 Å². The molecule has 2 rings (SSSR count). The molecular formula is C20H27IN4O. The quantitative estimate of drug-likeness (QED) is 0.331. The predicted octanol–water partition coefficient (Wildman–Crippen LogP) is 4.59. The van der Waals surface area contributed by atoms with Crippen LogP contribution in [0.4, 0.5) is 11.4 Å². The van der Waals surface area contributed by atoms with Gasteiger partial charge in [0.05, 0.1) is 6.54 Å². The van der Waals surface area contributed by atoms with Crippen molar-refractivity contribution in [1.29, 1.82) is 0 Å². The first-order valence-electron chi connectivity index (χ1n) is 8.50. The number of guanidine groups is 1. The highest BCUT2D eigenvalue weighted by Crippen LogP contribution is 2.14. The molecule has 0 aliphatic carbocycles. The van der Waals surface area contributed by atoms with Gasteiger partial charge in [0, 0.05) is 17.8 Å². The molecule has 2 aromatic rings. The summed E-state index contributed by atoms with van der Waals surface area (Å²) in [5.41, 5.74) is 11.1. The van der Waals surface area contributed by atoms with Crippen LogP contribution in [0.5, 0.6) is 0 Å². The van der Waals surface area contributed by atoms with Crippen molar-refractivity contribution in [1.82, 2.24) is 0 Å². The summed E-state index contributed by atoms with van der Waals surface area (Å²) in [6.45, 7) is 6.56. The maximum atomic E-state index is 11.6. The molecule has 140 valence electrons. The highest BCUT2D eigenvalue weighted by Gasteiger charge is 2.01. The van der Waals surface area contributed by atoms with Crippen molar-refractivity contribution in [2.45, 2.75) is 40.2 Å². The highest BCUT2D eigenvalue weighted by atomic mass is 127. The molecule has 0 heterocycles. The van der Waals surface area contributed by atoms with Gasteiger partial charge >= 0.3 is 0 Å². The van der Waals surface area contributed by atoms with Gasteiger partial charge in [-0.25, -0.2) is 4.99 Å². The molecule has 0 aliphatic heterocycles. The monoisotopic (exact) mass is 466 g/mol. The number of aliphatic imine (C=N–C) groups is 1. The van der Waals surface area contributed by atoms with E-state index in [0.29, 0.717) is 18.9 Å². The van der Waals surface area contributed by atoms with Crippen LogP contribution in [-0.2, 0) is 11.3 Å². The second kappa shape index (κ2) is 10.8. The van der Waals surface area contributed by atoms with Gasteiger partial charge in [-0.3, -0.25) is 4.79 Å². The van der Waals surface area contributed by atoms with Crippen LogP contribution < -0.4 is 16.4 Å². The molecule has 1 amide bonds. The van der Waals surface area contributed by atoms with E-state index in [4.69, 9.17) is 5.73 Å². The lowest BCUT2D eigenvalue weighted by Crippen LogP contribution is -2.22. The van der Waals surface area contributed by atoms with Crippen molar-refractivity contribution in [2.24, 2.45) is 10.7 Å². The molecule has 5 nitrogen and oxygen atoms in total. The number of nitrogens with zero attached hydrogens (tertiary/aromatic N) is 1. The zero-order valence-corrected chi connectivity index (χ0v) is 17.8. The molecule has 0 aliphatic rings. The van der Waals surface area contributed by atoms with E-state index in [2.05, 4.69) is 21.7 Å². The molecule has 0 aromatic heterocycles. The Morgan fingerprint density at radius 3 is 2.19 bits per heavy atom. The zero-order valence-electron chi connectivity index (χ0n) is 15.5. The summed E-state index contributed by atoms with van der Waals surface area (Å²) in [6.07, 6.45) is 1.37. The lowest BCUT2D eigenvalue weighted by atomic mass is 10.1. The highest BCUT2D eigenvalue weighted by molar-refractivity contribution is 14.0. The first kappa shape index (κ1) is 22.0. The summed E-state index contributed by atoms with van der Waals surface area (Å²) < 4.78 is 0. The van der Waals surface area contributed by atoms with Gasteiger partial charge in [-0.05, 0) is 61.2 Å². The number of nitrogens with two attached hydrogens (primary N) is 1. The van der Waals surface area contributed by atoms with Crippen molar-refractivity contribution in [3.8, 4) is 0 Å². The molecule has 0 bridgehead atoms. The Labute approximate surface area is 172 Å². The topological polar surface area (TPSA) is 79.5 Å². The van der Waals surface area contributed by atoms with Crippen LogP contribution in [0.15, 0.2) is 47.5 Å². The van der Waals surface area contributed by atoms with Crippen molar-refractivity contribution < 1.29 is 4.79 Å². The van der Waals surface area contributed by atoms with Gasteiger partial charge in [0.15, 0.2) is 5.96 Å². The number of hydrogen-bond acceptors (Lipinski definition) is 2. The minimum atomic E-state index is 0. The van der Waals surface area contributed by atoms with Gasteiger partial charge in [-0.2, -0.15) is 0 Å². The summed E-state index contributed by atoms with van der Waals surface area (Å²) >= 11 is 0. The van der Waals surface area contributed by atoms with Crippen LogP contribution in [0.25, 0.3) is 0 Å². The van der Waals surface area contributed by atoms with Crippen molar-refractivity contribution in [2.75, 3.05) is 10.6 Å². The standard InChI is InChI=1S/C20H26N4O.HI/c1-4-5-19(25)23-17-8-6-16(7-9-17)13-22-20(21)24-18-11-14(2)10-15(3)12-18;/h6-12H,4-5,13H2,1-3H3,(H,23,25)(H3,21,22,24);1H. The molecule has 0 atom stereocenters. The molecule has 0 unspecified atom stereocenters. The third kappa shape index (κ3) is 7.43. The summed E-state index contributed by atoms with van der Waals surface area (Å²) in [7, 11) is 0. The van der Waals surface area contributed by atoms with Gasteiger partial charge in [0.1, 0.15) is 0 Å². The number of hydrogen-bond donors (Lipinski definition) is 3. The maximum absolute atomic E-state index is 11.6. The van der Waals surface area contributed by atoms with Crippen molar-refractivity contribution in [3.63, 3.8) is 0 Å². The van der Waals surface area contributed by atoms with Crippen LogP contribution in [-0.4, -0.2) is 11.9 Å². The molecular weight excluding hydrogens is 439 g/mol. The van der Waals surface area contributed by atoms with E-state index in [1.54, 1.807) is 0 Å². The number of halogens is 1. The molecule has 6 heteroatoms. The number of carbonyl (C=O) groups excluding carboxylic acids is 1. The SMILES string of the molecule is CCCC(=O)Nc1ccc(CN=C(N)Nc2cc(C)cc(C)c2)cc1.I. The second-order valence-corrected chi connectivity index (χ2v) is 6.20. The lowest BCUT2D eigenvalue weighted by molar-refractivity contribution is -0.116. The molecule has 0 fully saturated rings. The number of rotatable bonds is 6. The maximum Gasteiger partial charge on any atom is 0.224 e. The predicted molar refractivity (Wildman–Crippen MR) is 120 cm³/mol. The van der Waals surface area contributed by atoms with Crippen LogP contribution in [0.2, 0.25) is 0 Å². The van der Waals surface area contributed by atoms with E-state index >= 15 is 0 Å². The molecule has 0 saturated carbocycles. The van der Waals surface area contributed by atoms with Crippen LogP contribution in [0.3, 0.4) is 0 Å². The molecule has 4 N–H and O–H groups in total. The molecule has 0 spiro atoms. The minimum absolute atomic E-state index is 0. The van der Waals surface area contributed by atoms with Gasteiger partial charge in [-0.1, -0.05) is 25.1 Å². The van der Waals surface area contributed by atoms with Crippen LogP contribution in [0.1, 0.15) is 36.5 Å². The van der Waals surface area contributed by atoms with Gasteiger partial charge in [0.2, 0.25) is 5.91 Å². The summed E-state index contributed by atoms with van der Waals surface area (Å²) in [5, 5.41) is 5.98. The Kier molecular flexibility index (Phi) is 9.12. The summed E-state index contributed by atoms with van der Waals surface area (Å²) in [4.78, 5) is 15.9. The van der Waals surface area contributed by atoms with E-state index in [9.17, 15) is 4.79 Å². The number of benzene rings is 2. The number of anilines is 2. The third-order valence-corrected chi connectivity index (χ3v) is 3.64. The Morgan fingerprint density at radius 2 is 1.62 bits per heavy atom. The lowest BCUT2D eigenvalue weighted by Gasteiger charge is -2.08. The number of nitrogens with one attached hydrogen (secondary N) is 2. The largest absolute Gasteiger partial charge is 0.370 e. The van der Waals surface area contributed by atoms with E-state index in [1.165, 1.54) is 11.1 Å². The Hall–Kier alpha value is -2.09. The van der Waals surface area contributed by atoms with Crippen LogP contribution in [0, 0.1) is 13.8 Å².